The topological polar surface area (TPSA) is 124 Å². The highest BCUT2D eigenvalue weighted by atomic mass is 32.1. The highest BCUT2D eigenvalue weighted by Crippen LogP contribution is 2.56. The Labute approximate surface area is 238 Å². The molecule has 1 aliphatic rings. The normalized spacial score (nSPS) is 15.3. The summed E-state index contributed by atoms with van der Waals surface area (Å²) in [7, 11) is 3.74. The maximum Gasteiger partial charge on any atom is 0.284 e. The van der Waals surface area contributed by atoms with Crippen LogP contribution in [-0.4, -0.2) is 28.9 Å². The number of para-hydroxylation sites is 2. The number of nitrogens with zero attached hydrogens (tertiary/aromatic N) is 4. The van der Waals surface area contributed by atoms with Crippen LogP contribution in [0, 0.1) is 20.2 Å². The van der Waals surface area contributed by atoms with Crippen LogP contribution >= 0.6 is 11.3 Å². The molecule has 11 heteroatoms. The zero-order chi connectivity index (χ0) is 28.7. The number of ether oxygens (including phenoxy) is 1. The Balaban J connectivity index is 1.63. The lowest BCUT2D eigenvalue weighted by Crippen LogP contribution is -2.38. The molecule has 6 rings (SSSR count). The van der Waals surface area contributed by atoms with Gasteiger partial charge in [-0.2, -0.15) is 0 Å². The molecule has 2 heterocycles. The number of non-ortho nitro benzene ring substituents is 1. The van der Waals surface area contributed by atoms with E-state index in [-0.39, 0.29) is 11.3 Å². The van der Waals surface area contributed by atoms with Crippen molar-refractivity contribution in [3.63, 3.8) is 0 Å². The molecule has 5 aromatic rings. The van der Waals surface area contributed by atoms with Gasteiger partial charge in [-0.25, -0.2) is 4.98 Å². The molecular weight excluding hydrogens is 542 g/mol. The maximum absolute atomic E-state index is 12.4. The number of nitro groups is 2. The Hall–Kier alpha value is -5.29. The van der Waals surface area contributed by atoms with E-state index in [1.54, 1.807) is 6.07 Å². The summed E-state index contributed by atoms with van der Waals surface area (Å²) in [6.45, 7) is 0. The van der Waals surface area contributed by atoms with Crippen LogP contribution < -0.4 is 15.0 Å². The first-order valence-corrected chi connectivity index (χ1v) is 13.4. The van der Waals surface area contributed by atoms with Gasteiger partial charge in [0.15, 0.2) is 5.13 Å². The Morgan fingerprint density at radius 3 is 2.22 bits per heavy atom. The summed E-state index contributed by atoms with van der Waals surface area (Å²) in [4.78, 5) is 30.2. The van der Waals surface area contributed by atoms with E-state index in [9.17, 15) is 20.2 Å². The molecule has 0 bridgehead atoms. The summed E-state index contributed by atoms with van der Waals surface area (Å²) in [5.74, 6) is 0.495. The Morgan fingerprint density at radius 1 is 0.854 bits per heavy atom. The summed E-state index contributed by atoms with van der Waals surface area (Å²) in [6, 6.07) is 28.2. The number of aromatic nitrogens is 1. The van der Waals surface area contributed by atoms with Gasteiger partial charge in [-0.3, -0.25) is 20.2 Å². The number of thiazole rings is 1. The molecule has 0 aliphatic carbocycles. The third-order valence-corrected chi connectivity index (χ3v) is 8.17. The fourth-order valence-corrected chi connectivity index (χ4v) is 6.13. The van der Waals surface area contributed by atoms with Crippen molar-refractivity contribution in [3.05, 3.63) is 133 Å². The second kappa shape index (κ2) is 10.0. The summed E-state index contributed by atoms with van der Waals surface area (Å²) in [5, 5.41) is 28.0. The van der Waals surface area contributed by atoms with Crippen LogP contribution in [-0.2, 0) is 5.60 Å². The minimum Gasteiger partial charge on any atom is -0.471 e. The molecule has 4 aromatic carbocycles. The van der Waals surface area contributed by atoms with E-state index < -0.39 is 21.1 Å². The smallest absolute Gasteiger partial charge is 0.284 e. The van der Waals surface area contributed by atoms with Crippen molar-refractivity contribution in [3.8, 4) is 17.0 Å². The van der Waals surface area contributed by atoms with E-state index in [0.717, 1.165) is 23.0 Å². The van der Waals surface area contributed by atoms with E-state index >= 15 is 0 Å². The second-order valence-corrected chi connectivity index (χ2v) is 10.6. The number of hydrogen-bond acceptors (Lipinski definition) is 9. The number of benzene rings is 4. The van der Waals surface area contributed by atoms with E-state index in [4.69, 9.17) is 9.72 Å². The molecule has 204 valence electrons. The third kappa shape index (κ3) is 4.42. The van der Waals surface area contributed by atoms with Crippen LogP contribution in [0.15, 0.2) is 97.1 Å². The molecule has 0 saturated carbocycles. The zero-order valence-corrected chi connectivity index (χ0v) is 22.8. The van der Waals surface area contributed by atoms with Crippen LogP contribution in [0.1, 0.15) is 16.0 Å². The molecule has 10 nitrogen and oxygen atoms in total. The highest BCUT2D eigenvalue weighted by Gasteiger charge is 2.50. The Bertz CT molecular complexity index is 1790. The highest BCUT2D eigenvalue weighted by molar-refractivity contribution is 7.16. The van der Waals surface area contributed by atoms with Crippen molar-refractivity contribution in [1.82, 2.24) is 4.98 Å². The summed E-state index contributed by atoms with van der Waals surface area (Å²) >= 11 is 1.36. The summed E-state index contributed by atoms with van der Waals surface area (Å²) in [5.41, 5.74) is 1.57. The third-order valence-electron chi connectivity index (χ3n) is 6.85. The average molecular weight is 566 g/mol. The van der Waals surface area contributed by atoms with Gasteiger partial charge in [0.2, 0.25) is 5.60 Å². The van der Waals surface area contributed by atoms with E-state index in [1.807, 2.05) is 91.8 Å². The van der Waals surface area contributed by atoms with Gasteiger partial charge in [0.05, 0.1) is 32.0 Å². The monoisotopic (exact) mass is 565 g/mol. The predicted octanol–water partition coefficient (Wildman–Crippen LogP) is 7.12. The van der Waals surface area contributed by atoms with Crippen molar-refractivity contribution < 1.29 is 14.6 Å². The minimum absolute atomic E-state index is 0.168. The number of nitrogens with one attached hydrogen (secondary N) is 1. The standard InChI is InChI=1S/C30H23N5O5S/c1-33(2)29-32-27-23-10-6-7-11-26(23)40-30(28(27)41-29,24-17-16-22(34(36)37)18-25(24)35(38)39)19-12-14-21(15-13-19)31-20-8-4-3-5-9-20/h3-18,31H,1-2H3. The molecule has 1 atom stereocenters. The lowest BCUT2D eigenvalue weighted by Gasteiger charge is -2.38. The maximum atomic E-state index is 12.4. The Kier molecular flexibility index (Phi) is 6.35. The zero-order valence-electron chi connectivity index (χ0n) is 22.0. The molecule has 1 unspecified atom stereocenters. The Morgan fingerprint density at radius 2 is 1.54 bits per heavy atom. The van der Waals surface area contributed by atoms with Gasteiger partial charge in [0.1, 0.15) is 5.75 Å². The summed E-state index contributed by atoms with van der Waals surface area (Å²) < 4.78 is 6.82. The van der Waals surface area contributed by atoms with Gasteiger partial charge in [0, 0.05) is 42.7 Å². The molecule has 0 saturated heterocycles. The quantitative estimate of drug-likeness (QED) is 0.163. The van der Waals surface area contributed by atoms with Gasteiger partial charge in [-0.15, -0.1) is 0 Å². The number of nitro benzene ring substituents is 2. The lowest BCUT2D eigenvalue weighted by atomic mass is 9.80. The first kappa shape index (κ1) is 26.0. The van der Waals surface area contributed by atoms with Crippen LogP contribution in [0.25, 0.3) is 11.3 Å². The van der Waals surface area contributed by atoms with Gasteiger partial charge < -0.3 is 15.0 Å². The van der Waals surface area contributed by atoms with E-state index in [0.29, 0.717) is 27.0 Å². The minimum atomic E-state index is -1.52. The molecule has 0 amide bonds. The van der Waals surface area contributed by atoms with Crippen LogP contribution in [0.4, 0.5) is 27.9 Å². The second-order valence-electron chi connectivity index (χ2n) is 9.63. The number of anilines is 3. The van der Waals surface area contributed by atoms with Crippen molar-refractivity contribution in [2.75, 3.05) is 24.3 Å². The lowest BCUT2D eigenvalue weighted by molar-refractivity contribution is -0.395. The molecule has 1 aliphatic heterocycles. The van der Waals surface area contributed by atoms with E-state index in [1.165, 1.54) is 23.5 Å². The van der Waals surface area contributed by atoms with Gasteiger partial charge in [0.25, 0.3) is 11.4 Å². The molecule has 1 N–H and O–H groups in total. The fraction of sp³-hybridized carbons (Fsp3) is 0.100. The van der Waals surface area contributed by atoms with Crippen LogP contribution in [0.2, 0.25) is 0 Å². The SMILES string of the molecule is CN(C)c1nc2c(s1)C(c1ccc(Nc3ccccc3)cc1)(c1ccc([N+](=O)[O-])cc1[N+](=O)[O-])Oc1ccccc1-2. The summed E-state index contributed by atoms with van der Waals surface area (Å²) in [6.07, 6.45) is 0. The first-order valence-electron chi connectivity index (χ1n) is 12.6. The predicted molar refractivity (Wildman–Crippen MR) is 158 cm³/mol. The van der Waals surface area contributed by atoms with Crippen LogP contribution in [0.5, 0.6) is 5.75 Å². The molecule has 0 spiro atoms. The molecule has 41 heavy (non-hydrogen) atoms. The fourth-order valence-electron chi connectivity index (χ4n) is 4.97. The molecule has 1 aromatic heterocycles. The van der Waals surface area contributed by atoms with Crippen LogP contribution in [0.3, 0.4) is 0 Å². The van der Waals surface area contributed by atoms with Crippen molar-refractivity contribution in [2.24, 2.45) is 0 Å². The van der Waals surface area contributed by atoms with Crippen molar-refractivity contribution in [1.29, 1.82) is 0 Å². The van der Waals surface area contributed by atoms with Gasteiger partial charge in [-0.1, -0.05) is 53.8 Å². The average Bonchev–Trinajstić information content (AvgIpc) is 3.44. The molecule has 0 fully saturated rings. The first-order chi connectivity index (χ1) is 19.8. The molecule has 0 radical (unpaired) electrons. The van der Waals surface area contributed by atoms with Gasteiger partial charge >= 0.3 is 0 Å². The molecular formula is C30H23N5O5S. The number of hydrogen-bond donors (Lipinski definition) is 1. The largest absolute Gasteiger partial charge is 0.471 e. The van der Waals surface area contributed by atoms with Crippen molar-refractivity contribution >= 4 is 39.2 Å². The van der Waals surface area contributed by atoms with Crippen molar-refractivity contribution in [2.45, 2.75) is 5.60 Å². The van der Waals surface area contributed by atoms with Gasteiger partial charge in [-0.05, 0) is 42.5 Å². The number of fused-ring (bicyclic) bond motifs is 3. The number of rotatable bonds is 7. The van der Waals surface area contributed by atoms with E-state index in [2.05, 4.69) is 5.32 Å².